The molecule has 2 heterocycles. The Morgan fingerprint density at radius 3 is 3.00 bits per heavy atom. The molecule has 2 aromatic rings. The van der Waals surface area contributed by atoms with Gasteiger partial charge >= 0.3 is 0 Å². The number of aromatic nitrogens is 4. The van der Waals surface area contributed by atoms with Crippen LogP contribution in [-0.2, 0) is 0 Å². The Morgan fingerprint density at radius 1 is 1.54 bits per heavy atom. The molecule has 0 aliphatic carbocycles. The summed E-state index contributed by atoms with van der Waals surface area (Å²) in [6.07, 6.45) is 2.94. The number of aromatic amines is 1. The lowest BCUT2D eigenvalue weighted by Crippen LogP contribution is -2.08. The molecule has 0 amide bonds. The van der Waals surface area contributed by atoms with Gasteiger partial charge in [0, 0.05) is 6.04 Å². The quantitative estimate of drug-likeness (QED) is 0.699. The van der Waals surface area contributed by atoms with Crippen LogP contribution < -0.4 is 5.56 Å². The van der Waals surface area contributed by atoms with E-state index >= 15 is 0 Å². The largest absolute Gasteiger partial charge is 0.312 e. The van der Waals surface area contributed by atoms with Crippen molar-refractivity contribution in [2.45, 2.75) is 19.9 Å². The zero-order valence-electron chi connectivity index (χ0n) is 7.48. The summed E-state index contributed by atoms with van der Waals surface area (Å²) >= 11 is 0. The average molecular weight is 178 g/mol. The molecule has 0 saturated carbocycles. The van der Waals surface area contributed by atoms with Gasteiger partial charge in [0.25, 0.3) is 5.56 Å². The highest BCUT2D eigenvalue weighted by Crippen LogP contribution is 2.10. The zero-order chi connectivity index (χ0) is 9.42. The topological polar surface area (TPSA) is 63.6 Å². The molecular formula is C8H10N4O. The molecule has 0 aliphatic rings. The van der Waals surface area contributed by atoms with Gasteiger partial charge in [-0.05, 0) is 13.8 Å². The van der Waals surface area contributed by atoms with E-state index in [2.05, 4.69) is 15.1 Å². The maximum absolute atomic E-state index is 11.3. The molecule has 0 saturated heterocycles. The first-order valence-corrected chi connectivity index (χ1v) is 4.11. The van der Waals surface area contributed by atoms with E-state index in [1.54, 1.807) is 10.9 Å². The maximum Gasteiger partial charge on any atom is 0.261 e. The van der Waals surface area contributed by atoms with Gasteiger partial charge in [-0.2, -0.15) is 5.10 Å². The molecule has 0 radical (unpaired) electrons. The van der Waals surface area contributed by atoms with Crippen LogP contribution in [0.5, 0.6) is 0 Å². The van der Waals surface area contributed by atoms with Crippen molar-refractivity contribution in [2.24, 2.45) is 0 Å². The second-order valence-electron chi connectivity index (χ2n) is 3.15. The lowest BCUT2D eigenvalue weighted by Gasteiger charge is -2.04. The van der Waals surface area contributed by atoms with Crippen molar-refractivity contribution >= 4 is 11.0 Å². The third-order valence-corrected chi connectivity index (χ3v) is 1.89. The molecule has 1 N–H and O–H groups in total. The molecule has 0 atom stereocenters. The van der Waals surface area contributed by atoms with Crippen LogP contribution >= 0.6 is 0 Å². The molecule has 68 valence electrons. The summed E-state index contributed by atoms with van der Waals surface area (Å²) in [5.74, 6) is 0. The predicted molar refractivity (Wildman–Crippen MR) is 48.5 cm³/mol. The summed E-state index contributed by atoms with van der Waals surface area (Å²) in [7, 11) is 0. The van der Waals surface area contributed by atoms with E-state index in [0.717, 1.165) is 0 Å². The van der Waals surface area contributed by atoms with E-state index in [1.807, 2.05) is 13.8 Å². The Balaban J connectivity index is 2.83. The minimum absolute atomic E-state index is 0.142. The van der Waals surface area contributed by atoms with Gasteiger partial charge in [0.1, 0.15) is 5.39 Å². The molecule has 0 spiro atoms. The van der Waals surface area contributed by atoms with E-state index in [-0.39, 0.29) is 11.6 Å². The third-order valence-electron chi connectivity index (χ3n) is 1.89. The highest BCUT2D eigenvalue weighted by molar-refractivity contribution is 5.72. The van der Waals surface area contributed by atoms with Crippen molar-refractivity contribution in [3.63, 3.8) is 0 Å². The number of nitrogens with one attached hydrogen (secondary N) is 1. The molecule has 0 bridgehead atoms. The van der Waals surface area contributed by atoms with Crippen LogP contribution in [-0.4, -0.2) is 19.7 Å². The van der Waals surface area contributed by atoms with Crippen molar-refractivity contribution in [1.82, 2.24) is 19.7 Å². The van der Waals surface area contributed by atoms with E-state index in [9.17, 15) is 4.79 Å². The second kappa shape index (κ2) is 2.69. The van der Waals surface area contributed by atoms with Gasteiger partial charge in [-0.15, -0.1) is 0 Å². The smallest absolute Gasteiger partial charge is 0.261 e. The Morgan fingerprint density at radius 2 is 2.31 bits per heavy atom. The number of fused-ring (bicyclic) bond motifs is 1. The third kappa shape index (κ3) is 1.12. The van der Waals surface area contributed by atoms with Gasteiger partial charge in [0.15, 0.2) is 5.65 Å². The van der Waals surface area contributed by atoms with Crippen molar-refractivity contribution < 1.29 is 0 Å². The van der Waals surface area contributed by atoms with Crippen molar-refractivity contribution in [3.05, 3.63) is 22.9 Å². The zero-order valence-corrected chi connectivity index (χ0v) is 7.48. The van der Waals surface area contributed by atoms with Gasteiger partial charge in [0.2, 0.25) is 0 Å². The molecule has 5 nitrogen and oxygen atoms in total. The van der Waals surface area contributed by atoms with Crippen LogP contribution in [0.15, 0.2) is 17.3 Å². The molecule has 13 heavy (non-hydrogen) atoms. The van der Waals surface area contributed by atoms with Crippen LogP contribution in [0.4, 0.5) is 0 Å². The van der Waals surface area contributed by atoms with Crippen molar-refractivity contribution in [1.29, 1.82) is 0 Å². The highest BCUT2D eigenvalue weighted by Gasteiger charge is 2.08. The van der Waals surface area contributed by atoms with Crippen LogP contribution in [0.2, 0.25) is 0 Å². The molecule has 0 aliphatic heterocycles. The number of H-pyrrole nitrogens is 1. The first kappa shape index (κ1) is 7.97. The Hall–Kier alpha value is -1.65. The van der Waals surface area contributed by atoms with Gasteiger partial charge in [-0.3, -0.25) is 4.79 Å². The molecular weight excluding hydrogens is 168 g/mol. The number of hydrogen-bond donors (Lipinski definition) is 1. The molecule has 0 fully saturated rings. The summed E-state index contributed by atoms with van der Waals surface area (Å²) in [5, 5.41) is 4.63. The van der Waals surface area contributed by atoms with Crippen molar-refractivity contribution in [3.8, 4) is 0 Å². The lowest BCUT2D eigenvalue weighted by atomic mass is 10.4. The van der Waals surface area contributed by atoms with Crippen molar-refractivity contribution in [2.75, 3.05) is 0 Å². The SMILES string of the molecule is CC(C)n1ncc2c(=O)[nH]cnc21. The highest BCUT2D eigenvalue weighted by atomic mass is 16.1. The average Bonchev–Trinajstić information content (AvgIpc) is 2.48. The van der Waals surface area contributed by atoms with Crippen LogP contribution in [0, 0.1) is 0 Å². The standard InChI is InChI=1S/C8H10N4O/c1-5(2)12-7-6(3-11-12)8(13)10-4-9-7/h3-5H,1-2H3,(H,9,10,13). The van der Waals surface area contributed by atoms with Gasteiger partial charge < -0.3 is 4.98 Å². The molecule has 2 rings (SSSR count). The van der Waals surface area contributed by atoms with Gasteiger partial charge in [-0.1, -0.05) is 0 Å². The fraction of sp³-hybridized carbons (Fsp3) is 0.375. The summed E-state index contributed by atoms with van der Waals surface area (Å²) in [4.78, 5) is 17.8. The maximum atomic E-state index is 11.3. The fourth-order valence-electron chi connectivity index (χ4n) is 1.25. The first-order valence-electron chi connectivity index (χ1n) is 4.11. The molecule has 0 aromatic carbocycles. The molecule has 5 heteroatoms. The minimum atomic E-state index is -0.142. The van der Waals surface area contributed by atoms with E-state index in [4.69, 9.17) is 0 Å². The van der Waals surface area contributed by atoms with E-state index in [1.165, 1.54) is 6.33 Å². The fourth-order valence-corrected chi connectivity index (χ4v) is 1.25. The normalized spacial score (nSPS) is 11.3. The van der Waals surface area contributed by atoms with Gasteiger partial charge in [-0.25, -0.2) is 9.67 Å². The lowest BCUT2D eigenvalue weighted by molar-refractivity contribution is 0.546. The minimum Gasteiger partial charge on any atom is -0.312 e. The number of nitrogens with zero attached hydrogens (tertiary/aromatic N) is 3. The Kier molecular flexibility index (Phi) is 1.65. The Labute approximate surface area is 74.4 Å². The Bertz CT molecular complexity index is 482. The van der Waals surface area contributed by atoms with E-state index < -0.39 is 0 Å². The molecule has 2 aromatic heterocycles. The first-order chi connectivity index (χ1) is 6.20. The number of hydrogen-bond acceptors (Lipinski definition) is 3. The van der Waals surface area contributed by atoms with E-state index in [0.29, 0.717) is 11.0 Å². The van der Waals surface area contributed by atoms with Gasteiger partial charge in [0.05, 0.1) is 12.5 Å². The summed E-state index contributed by atoms with van der Waals surface area (Å²) in [5.41, 5.74) is 0.496. The monoisotopic (exact) mass is 178 g/mol. The van der Waals surface area contributed by atoms with Crippen LogP contribution in [0.1, 0.15) is 19.9 Å². The molecule has 0 unspecified atom stereocenters. The van der Waals surface area contributed by atoms with Crippen LogP contribution in [0.25, 0.3) is 11.0 Å². The van der Waals surface area contributed by atoms with Crippen LogP contribution in [0.3, 0.4) is 0 Å². The summed E-state index contributed by atoms with van der Waals surface area (Å²) < 4.78 is 1.73. The second-order valence-corrected chi connectivity index (χ2v) is 3.15. The summed E-state index contributed by atoms with van der Waals surface area (Å²) in [6.45, 7) is 3.99. The predicted octanol–water partition coefficient (Wildman–Crippen LogP) is 0.700. The summed E-state index contributed by atoms with van der Waals surface area (Å²) in [6, 6.07) is 0.215. The number of rotatable bonds is 1.